The van der Waals surface area contributed by atoms with Crippen LogP contribution in [0.15, 0.2) is 24.5 Å². The van der Waals surface area contributed by atoms with Crippen LogP contribution in [-0.4, -0.2) is 58.7 Å². The number of ether oxygens (including phenoxy) is 1. The van der Waals surface area contributed by atoms with Crippen LogP contribution in [0.5, 0.6) is 5.75 Å². The van der Waals surface area contributed by atoms with Crippen molar-refractivity contribution in [2.45, 2.75) is 6.10 Å². The summed E-state index contributed by atoms with van der Waals surface area (Å²) < 4.78 is 7.59. The lowest BCUT2D eigenvalue weighted by Crippen LogP contribution is -2.37. The number of carbonyl (C=O) groups is 1. The Morgan fingerprint density at radius 2 is 2.30 bits per heavy atom. The smallest absolute Gasteiger partial charge is 0.229 e. The molecule has 1 aromatic carbocycles. The van der Waals surface area contributed by atoms with Gasteiger partial charge in [0.05, 0.1) is 17.6 Å². The molecule has 0 spiro atoms. The maximum absolute atomic E-state index is 11.0. The maximum Gasteiger partial charge on any atom is 0.229 e. The summed E-state index contributed by atoms with van der Waals surface area (Å²) in [4.78, 5) is 15.3. The minimum Gasteiger partial charge on any atom is -0.489 e. The number of aliphatic hydroxyl groups excluding tert-OH is 1. The topological polar surface area (TPSA) is 88.4 Å². The standard InChI is InChI=1S/C15H22N4O3S/c1-19-10-18-12-3-2-4-13(15(12)19)22-8-11(20)7-16-5-6-17-14(21)9-23/h2-4,10-11,16,20,23H,5-9H2,1H3,(H,17,21). The summed E-state index contributed by atoms with van der Waals surface area (Å²) in [5.41, 5.74) is 1.76. The Hall–Kier alpha value is -1.77. The second-order valence-electron chi connectivity index (χ2n) is 5.16. The van der Waals surface area contributed by atoms with E-state index in [2.05, 4.69) is 28.2 Å². The largest absolute Gasteiger partial charge is 0.489 e. The van der Waals surface area contributed by atoms with E-state index in [0.29, 0.717) is 25.4 Å². The van der Waals surface area contributed by atoms with Gasteiger partial charge < -0.3 is 25.0 Å². The summed E-state index contributed by atoms with van der Waals surface area (Å²) in [5, 5.41) is 15.7. The highest BCUT2D eigenvalue weighted by atomic mass is 32.1. The first kappa shape index (κ1) is 17.6. The minimum absolute atomic E-state index is 0.108. The van der Waals surface area contributed by atoms with Gasteiger partial charge in [-0.1, -0.05) is 6.07 Å². The number of benzene rings is 1. The fourth-order valence-electron chi connectivity index (χ4n) is 2.15. The van der Waals surface area contributed by atoms with Crippen molar-refractivity contribution < 1.29 is 14.6 Å². The zero-order valence-corrected chi connectivity index (χ0v) is 13.9. The molecular weight excluding hydrogens is 316 g/mol. The molecule has 2 rings (SSSR count). The van der Waals surface area contributed by atoms with E-state index in [0.717, 1.165) is 11.0 Å². The SMILES string of the molecule is Cn1cnc2cccc(OCC(O)CNCCNC(=O)CS)c21. The van der Waals surface area contributed by atoms with Crippen molar-refractivity contribution in [3.63, 3.8) is 0 Å². The summed E-state index contributed by atoms with van der Waals surface area (Å²) in [6, 6.07) is 5.65. The van der Waals surface area contributed by atoms with Gasteiger partial charge in [0.15, 0.2) is 0 Å². The second kappa shape index (κ2) is 8.76. The van der Waals surface area contributed by atoms with Crippen LogP contribution in [0.2, 0.25) is 0 Å². The molecule has 7 nitrogen and oxygen atoms in total. The highest BCUT2D eigenvalue weighted by molar-refractivity contribution is 7.81. The molecule has 8 heteroatoms. The van der Waals surface area contributed by atoms with Gasteiger partial charge in [0, 0.05) is 26.7 Å². The van der Waals surface area contributed by atoms with Crippen molar-refractivity contribution in [1.82, 2.24) is 20.2 Å². The van der Waals surface area contributed by atoms with Crippen molar-refractivity contribution in [1.29, 1.82) is 0 Å². The number of aryl methyl sites for hydroxylation is 1. The Morgan fingerprint density at radius 1 is 1.48 bits per heavy atom. The number of carbonyl (C=O) groups excluding carboxylic acids is 1. The molecule has 0 fully saturated rings. The summed E-state index contributed by atoms with van der Waals surface area (Å²) in [6.45, 7) is 1.65. The lowest BCUT2D eigenvalue weighted by atomic mass is 10.3. The van der Waals surface area contributed by atoms with E-state index < -0.39 is 6.10 Å². The predicted octanol–water partition coefficient (Wildman–Crippen LogP) is -0.0514. The van der Waals surface area contributed by atoms with E-state index in [1.807, 2.05) is 29.8 Å². The molecule has 0 aliphatic heterocycles. The third kappa shape index (κ3) is 5.12. The quantitative estimate of drug-likeness (QED) is 0.380. The molecule has 0 aliphatic carbocycles. The van der Waals surface area contributed by atoms with E-state index in [9.17, 15) is 9.90 Å². The first-order valence-corrected chi connectivity index (χ1v) is 8.04. The highest BCUT2D eigenvalue weighted by Gasteiger charge is 2.10. The Labute approximate surface area is 140 Å². The fourth-order valence-corrected chi connectivity index (χ4v) is 2.26. The van der Waals surface area contributed by atoms with Crippen molar-refractivity contribution >= 4 is 29.6 Å². The van der Waals surface area contributed by atoms with E-state index >= 15 is 0 Å². The number of rotatable bonds is 9. The molecule has 0 saturated heterocycles. The van der Waals surface area contributed by atoms with Crippen LogP contribution in [0.1, 0.15) is 0 Å². The first-order chi connectivity index (χ1) is 11.1. The van der Waals surface area contributed by atoms with Crippen LogP contribution in [0.4, 0.5) is 0 Å². The predicted molar refractivity (Wildman–Crippen MR) is 91.9 cm³/mol. The van der Waals surface area contributed by atoms with Gasteiger partial charge in [-0.2, -0.15) is 12.6 Å². The molecule has 23 heavy (non-hydrogen) atoms. The van der Waals surface area contributed by atoms with Crippen LogP contribution in [-0.2, 0) is 11.8 Å². The van der Waals surface area contributed by atoms with Gasteiger partial charge in [-0.3, -0.25) is 4.79 Å². The van der Waals surface area contributed by atoms with E-state index in [1.165, 1.54) is 0 Å². The summed E-state index contributed by atoms with van der Waals surface area (Å²) in [7, 11) is 1.90. The number of nitrogens with one attached hydrogen (secondary N) is 2. The Bertz CT molecular complexity index is 647. The molecule has 2 aromatic rings. The molecule has 0 aliphatic rings. The van der Waals surface area contributed by atoms with Gasteiger partial charge in [0.25, 0.3) is 0 Å². The van der Waals surface area contributed by atoms with Gasteiger partial charge in [-0.05, 0) is 12.1 Å². The molecule has 1 aromatic heterocycles. The average Bonchev–Trinajstić information content (AvgIpc) is 2.94. The normalized spacial score (nSPS) is 12.3. The van der Waals surface area contributed by atoms with Crippen molar-refractivity contribution in [2.24, 2.45) is 7.05 Å². The third-order valence-electron chi connectivity index (χ3n) is 3.28. The first-order valence-electron chi connectivity index (χ1n) is 7.41. The summed E-state index contributed by atoms with van der Waals surface area (Å²) in [5.74, 6) is 0.765. The van der Waals surface area contributed by atoms with E-state index in [1.54, 1.807) is 6.33 Å². The number of thiol groups is 1. The van der Waals surface area contributed by atoms with Crippen LogP contribution in [0, 0.1) is 0 Å². The van der Waals surface area contributed by atoms with Crippen molar-refractivity contribution in [3.05, 3.63) is 24.5 Å². The Kier molecular flexibility index (Phi) is 6.69. The molecule has 1 amide bonds. The Balaban J connectivity index is 1.72. The molecule has 3 N–H and O–H groups in total. The van der Waals surface area contributed by atoms with Gasteiger partial charge in [-0.15, -0.1) is 0 Å². The van der Waals surface area contributed by atoms with Crippen LogP contribution in [0.3, 0.4) is 0 Å². The molecule has 0 bridgehead atoms. The van der Waals surface area contributed by atoms with Crippen LogP contribution >= 0.6 is 12.6 Å². The van der Waals surface area contributed by atoms with Gasteiger partial charge >= 0.3 is 0 Å². The van der Waals surface area contributed by atoms with Crippen LogP contribution in [0.25, 0.3) is 11.0 Å². The molecule has 126 valence electrons. The zero-order valence-electron chi connectivity index (χ0n) is 13.0. The fraction of sp³-hybridized carbons (Fsp3) is 0.467. The van der Waals surface area contributed by atoms with Gasteiger partial charge in [-0.25, -0.2) is 4.98 Å². The monoisotopic (exact) mass is 338 g/mol. The molecular formula is C15H22N4O3S. The molecule has 0 radical (unpaired) electrons. The molecule has 1 unspecified atom stereocenters. The van der Waals surface area contributed by atoms with E-state index in [-0.39, 0.29) is 18.3 Å². The summed E-state index contributed by atoms with van der Waals surface area (Å²) in [6.07, 6.45) is 1.09. The Morgan fingerprint density at radius 3 is 3.09 bits per heavy atom. The number of nitrogens with zero attached hydrogens (tertiary/aromatic N) is 2. The summed E-state index contributed by atoms with van der Waals surface area (Å²) >= 11 is 3.87. The van der Waals surface area contributed by atoms with Crippen LogP contribution < -0.4 is 15.4 Å². The number of hydrogen-bond acceptors (Lipinski definition) is 6. The highest BCUT2D eigenvalue weighted by Crippen LogP contribution is 2.24. The number of fused-ring (bicyclic) bond motifs is 1. The van der Waals surface area contributed by atoms with Gasteiger partial charge in [0.1, 0.15) is 24.0 Å². The minimum atomic E-state index is -0.640. The van der Waals surface area contributed by atoms with E-state index in [4.69, 9.17) is 4.74 Å². The molecule has 1 atom stereocenters. The second-order valence-corrected chi connectivity index (χ2v) is 5.47. The number of imidazole rings is 1. The number of aliphatic hydroxyl groups is 1. The number of hydrogen-bond donors (Lipinski definition) is 4. The lowest BCUT2D eigenvalue weighted by Gasteiger charge is -2.14. The lowest BCUT2D eigenvalue weighted by molar-refractivity contribution is -0.118. The molecule has 0 saturated carbocycles. The maximum atomic E-state index is 11.0. The van der Waals surface area contributed by atoms with Gasteiger partial charge in [0.2, 0.25) is 5.91 Å². The zero-order chi connectivity index (χ0) is 16.7. The number of amides is 1. The molecule has 1 heterocycles. The average molecular weight is 338 g/mol. The third-order valence-corrected chi connectivity index (χ3v) is 3.57. The van der Waals surface area contributed by atoms with Crippen molar-refractivity contribution in [3.8, 4) is 5.75 Å². The van der Waals surface area contributed by atoms with Crippen molar-refractivity contribution in [2.75, 3.05) is 32.0 Å². The number of para-hydroxylation sites is 1. The number of aromatic nitrogens is 2.